The molecule has 0 atom stereocenters. The molecule has 2 heterocycles. The average Bonchev–Trinajstić information content (AvgIpc) is 2.92. The van der Waals surface area contributed by atoms with Crippen molar-refractivity contribution in [3.8, 4) is 5.75 Å². The maximum atomic E-state index is 12.4. The van der Waals surface area contributed by atoms with Crippen LogP contribution >= 0.6 is 0 Å². The Bertz CT molecular complexity index is 956. The van der Waals surface area contributed by atoms with Gasteiger partial charge in [-0.3, -0.25) is 14.0 Å². The van der Waals surface area contributed by atoms with Gasteiger partial charge < -0.3 is 4.74 Å². The van der Waals surface area contributed by atoms with Gasteiger partial charge in [0.2, 0.25) is 0 Å². The molecule has 0 unspecified atom stereocenters. The molecule has 7 heteroatoms. The van der Waals surface area contributed by atoms with Crippen molar-refractivity contribution >= 4 is 17.0 Å². The van der Waals surface area contributed by atoms with Crippen LogP contribution in [0.2, 0.25) is 0 Å². The highest BCUT2D eigenvalue weighted by molar-refractivity contribution is 5.75. The number of hydrogen-bond donors (Lipinski definition) is 0. The Balaban J connectivity index is 1.83. The monoisotopic (exact) mass is 326 g/mol. The van der Waals surface area contributed by atoms with E-state index in [-0.39, 0.29) is 18.0 Å². The summed E-state index contributed by atoms with van der Waals surface area (Å²) in [5.74, 6) is 0.223. The number of fused-ring (bicyclic) bond motifs is 1. The van der Waals surface area contributed by atoms with Crippen LogP contribution in [0.1, 0.15) is 25.3 Å². The number of para-hydroxylation sites is 1. The third-order valence-electron chi connectivity index (χ3n) is 3.78. The van der Waals surface area contributed by atoms with E-state index in [9.17, 15) is 9.59 Å². The number of benzene rings is 1. The Morgan fingerprint density at radius 3 is 2.79 bits per heavy atom. The van der Waals surface area contributed by atoms with Gasteiger partial charge in [-0.15, -0.1) is 0 Å². The summed E-state index contributed by atoms with van der Waals surface area (Å²) in [6.45, 7) is 3.85. The Labute approximate surface area is 138 Å². The van der Waals surface area contributed by atoms with Crippen LogP contribution in [0.4, 0.5) is 0 Å². The minimum absolute atomic E-state index is 0.205. The van der Waals surface area contributed by atoms with E-state index in [1.807, 2.05) is 32.0 Å². The number of aromatic nitrogens is 4. The van der Waals surface area contributed by atoms with Crippen LogP contribution in [0.5, 0.6) is 5.75 Å². The zero-order valence-corrected chi connectivity index (χ0v) is 13.8. The Morgan fingerprint density at radius 2 is 2.04 bits per heavy atom. The molecule has 0 aliphatic carbocycles. The molecule has 24 heavy (non-hydrogen) atoms. The molecule has 3 rings (SSSR count). The summed E-state index contributed by atoms with van der Waals surface area (Å²) in [4.78, 5) is 28.7. The number of esters is 1. The zero-order chi connectivity index (χ0) is 17.3. The maximum absolute atomic E-state index is 12.4. The Kier molecular flexibility index (Phi) is 4.16. The van der Waals surface area contributed by atoms with Crippen molar-refractivity contribution in [2.45, 2.75) is 26.3 Å². The van der Waals surface area contributed by atoms with Crippen molar-refractivity contribution in [1.82, 2.24) is 19.3 Å². The minimum Gasteiger partial charge on any atom is -0.425 e. The van der Waals surface area contributed by atoms with Crippen molar-refractivity contribution in [2.24, 2.45) is 7.05 Å². The van der Waals surface area contributed by atoms with Crippen molar-refractivity contribution in [1.29, 1.82) is 0 Å². The van der Waals surface area contributed by atoms with E-state index in [0.29, 0.717) is 16.8 Å². The van der Waals surface area contributed by atoms with Crippen molar-refractivity contribution in [2.75, 3.05) is 0 Å². The van der Waals surface area contributed by atoms with E-state index < -0.39 is 5.97 Å². The second-order valence-corrected chi connectivity index (χ2v) is 5.85. The highest BCUT2D eigenvalue weighted by atomic mass is 16.5. The van der Waals surface area contributed by atoms with Crippen LogP contribution < -0.4 is 10.3 Å². The van der Waals surface area contributed by atoms with Gasteiger partial charge in [0, 0.05) is 7.05 Å². The summed E-state index contributed by atoms with van der Waals surface area (Å²) >= 11 is 0. The molecule has 0 spiro atoms. The summed E-state index contributed by atoms with van der Waals surface area (Å²) in [5, 5.41) is 4.37. The molecular formula is C17H18N4O3. The predicted molar refractivity (Wildman–Crippen MR) is 88.9 cm³/mol. The predicted octanol–water partition coefficient (Wildman–Crippen LogP) is 1.86. The van der Waals surface area contributed by atoms with Crippen LogP contribution in [-0.2, 0) is 18.4 Å². The third-order valence-corrected chi connectivity index (χ3v) is 3.78. The van der Waals surface area contributed by atoms with Gasteiger partial charge in [-0.05, 0) is 17.5 Å². The zero-order valence-electron chi connectivity index (χ0n) is 13.8. The molecule has 0 N–H and O–H groups in total. The Hall–Kier alpha value is -2.96. The van der Waals surface area contributed by atoms with Crippen molar-refractivity contribution in [3.63, 3.8) is 0 Å². The minimum atomic E-state index is -0.518. The summed E-state index contributed by atoms with van der Waals surface area (Å²) in [7, 11) is 1.70. The molecule has 2 aromatic heterocycles. The fraction of sp³-hybridized carbons (Fsp3) is 0.294. The number of aryl methyl sites for hydroxylation is 1. The maximum Gasteiger partial charge on any atom is 0.331 e. The molecule has 0 aliphatic heterocycles. The summed E-state index contributed by atoms with van der Waals surface area (Å²) in [6.07, 6.45) is 2.78. The standard InChI is InChI=1S/C17H18N4O3/c1-11(2)12-6-4-5-7-14(12)24-15(22)9-21-10-18-16-13(17(21)23)8-19-20(16)3/h4-8,10-11H,9H2,1-3H3. The molecule has 124 valence electrons. The second kappa shape index (κ2) is 6.27. The molecule has 0 radical (unpaired) electrons. The second-order valence-electron chi connectivity index (χ2n) is 5.85. The van der Waals surface area contributed by atoms with Gasteiger partial charge in [-0.1, -0.05) is 32.0 Å². The topological polar surface area (TPSA) is 79.0 Å². The van der Waals surface area contributed by atoms with Crippen LogP contribution in [0.15, 0.2) is 41.6 Å². The molecule has 0 saturated carbocycles. The normalized spacial score (nSPS) is 11.2. The fourth-order valence-corrected chi connectivity index (χ4v) is 2.52. The number of ether oxygens (including phenoxy) is 1. The van der Waals surface area contributed by atoms with E-state index in [0.717, 1.165) is 5.56 Å². The molecule has 1 aromatic carbocycles. The first-order valence-electron chi connectivity index (χ1n) is 7.64. The summed E-state index contributed by atoms with van der Waals surface area (Å²) in [6, 6.07) is 7.38. The van der Waals surface area contributed by atoms with Crippen LogP contribution in [0.25, 0.3) is 11.0 Å². The SMILES string of the molecule is CC(C)c1ccccc1OC(=O)Cn1cnc2c(cnn2C)c1=O. The van der Waals surface area contributed by atoms with E-state index in [4.69, 9.17) is 4.74 Å². The van der Waals surface area contributed by atoms with E-state index >= 15 is 0 Å². The number of carbonyl (C=O) groups excluding carboxylic acids is 1. The largest absolute Gasteiger partial charge is 0.425 e. The summed E-state index contributed by atoms with van der Waals surface area (Å²) in [5.41, 5.74) is 1.11. The van der Waals surface area contributed by atoms with Gasteiger partial charge in [0.15, 0.2) is 5.65 Å². The first-order valence-corrected chi connectivity index (χ1v) is 7.64. The average molecular weight is 326 g/mol. The van der Waals surface area contributed by atoms with Gasteiger partial charge in [0.05, 0.1) is 6.20 Å². The van der Waals surface area contributed by atoms with E-state index in [1.165, 1.54) is 21.8 Å². The van der Waals surface area contributed by atoms with Gasteiger partial charge in [0.25, 0.3) is 5.56 Å². The van der Waals surface area contributed by atoms with Gasteiger partial charge in [-0.2, -0.15) is 5.10 Å². The Morgan fingerprint density at radius 1 is 1.29 bits per heavy atom. The lowest BCUT2D eigenvalue weighted by Gasteiger charge is -2.12. The lowest BCUT2D eigenvalue weighted by Crippen LogP contribution is -2.27. The smallest absolute Gasteiger partial charge is 0.331 e. The quantitative estimate of drug-likeness (QED) is 0.540. The first-order chi connectivity index (χ1) is 11.5. The molecule has 3 aromatic rings. The van der Waals surface area contributed by atoms with Gasteiger partial charge in [-0.25, -0.2) is 9.78 Å². The molecule has 0 amide bonds. The first kappa shape index (κ1) is 15.9. The van der Waals surface area contributed by atoms with Crippen molar-refractivity contribution < 1.29 is 9.53 Å². The van der Waals surface area contributed by atoms with Crippen LogP contribution in [-0.4, -0.2) is 25.3 Å². The van der Waals surface area contributed by atoms with Gasteiger partial charge >= 0.3 is 5.97 Å². The molecule has 0 bridgehead atoms. The highest BCUT2D eigenvalue weighted by Crippen LogP contribution is 2.25. The van der Waals surface area contributed by atoms with Crippen LogP contribution in [0, 0.1) is 0 Å². The van der Waals surface area contributed by atoms with E-state index in [2.05, 4.69) is 10.1 Å². The number of carbonyl (C=O) groups is 1. The van der Waals surface area contributed by atoms with E-state index in [1.54, 1.807) is 13.1 Å². The lowest BCUT2D eigenvalue weighted by atomic mass is 10.0. The number of nitrogens with zero attached hydrogens (tertiary/aromatic N) is 4. The summed E-state index contributed by atoms with van der Waals surface area (Å²) < 4.78 is 8.17. The van der Waals surface area contributed by atoms with Crippen molar-refractivity contribution in [3.05, 3.63) is 52.7 Å². The highest BCUT2D eigenvalue weighted by Gasteiger charge is 2.14. The molecule has 7 nitrogen and oxygen atoms in total. The molecule has 0 saturated heterocycles. The molecular weight excluding hydrogens is 308 g/mol. The number of hydrogen-bond acceptors (Lipinski definition) is 5. The lowest BCUT2D eigenvalue weighted by molar-refractivity contribution is -0.135. The number of rotatable bonds is 4. The third kappa shape index (κ3) is 2.92. The molecule has 0 aliphatic rings. The molecule has 0 fully saturated rings. The van der Waals surface area contributed by atoms with Gasteiger partial charge in [0.1, 0.15) is 24.0 Å². The fourth-order valence-electron chi connectivity index (χ4n) is 2.52. The van der Waals surface area contributed by atoms with Crippen LogP contribution in [0.3, 0.4) is 0 Å².